The maximum Gasteiger partial charge on any atom is 0.344 e. The Labute approximate surface area is 231 Å². The Hall–Kier alpha value is -3.89. The van der Waals surface area contributed by atoms with E-state index in [0.29, 0.717) is 56.5 Å². The average Bonchev–Trinajstić information content (AvgIpc) is 3.48. The van der Waals surface area contributed by atoms with Crippen molar-refractivity contribution in [3.8, 4) is 0 Å². The Morgan fingerprint density at radius 3 is 2.44 bits per heavy atom. The number of carbonyl (C=O) groups excluding carboxylic acids is 3. The third kappa shape index (κ3) is 4.15. The van der Waals surface area contributed by atoms with E-state index in [1.54, 1.807) is 32.8 Å². The van der Waals surface area contributed by atoms with Crippen LogP contribution in [0.5, 0.6) is 0 Å². The molecule has 11 heteroatoms. The number of amides is 4. The molecule has 0 saturated carbocycles. The lowest BCUT2D eigenvalue weighted by molar-refractivity contribution is -0.137. The number of halogens is 1. The first-order valence-electron chi connectivity index (χ1n) is 13.1. The third-order valence-corrected chi connectivity index (χ3v) is 8.46. The summed E-state index contributed by atoms with van der Waals surface area (Å²) >= 11 is 6.21. The van der Waals surface area contributed by atoms with E-state index in [4.69, 9.17) is 17.3 Å². The molecule has 4 heterocycles. The van der Waals surface area contributed by atoms with Crippen molar-refractivity contribution in [2.75, 3.05) is 32.7 Å². The van der Waals surface area contributed by atoms with Crippen molar-refractivity contribution in [2.45, 2.75) is 31.8 Å². The van der Waals surface area contributed by atoms with Crippen molar-refractivity contribution in [1.82, 2.24) is 29.4 Å². The van der Waals surface area contributed by atoms with Crippen LogP contribution in [0.2, 0.25) is 5.02 Å². The van der Waals surface area contributed by atoms with Crippen LogP contribution in [-0.2, 0) is 23.3 Å². The molecule has 0 bridgehead atoms. The van der Waals surface area contributed by atoms with Crippen molar-refractivity contribution >= 4 is 29.6 Å². The Morgan fingerprint density at radius 1 is 1.03 bits per heavy atom. The van der Waals surface area contributed by atoms with Gasteiger partial charge in [0.25, 0.3) is 0 Å². The Morgan fingerprint density at radius 2 is 1.74 bits per heavy atom. The van der Waals surface area contributed by atoms with E-state index in [0.717, 1.165) is 22.4 Å². The van der Waals surface area contributed by atoms with E-state index in [-0.39, 0.29) is 18.4 Å². The zero-order valence-electron chi connectivity index (χ0n) is 21.7. The predicted molar refractivity (Wildman–Crippen MR) is 145 cm³/mol. The minimum atomic E-state index is -1.06. The Bertz CT molecular complexity index is 1450. The van der Waals surface area contributed by atoms with Gasteiger partial charge in [-0.25, -0.2) is 24.1 Å². The first-order chi connectivity index (χ1) is 18.8. The van der Waals surface area contributed by atoms with Gasteiger partial charge in [-0.1, -0.05) is 48.0 Å². The van der Waals surface area contributed by atoms with Gasteiger partial charge >= 0.3 is 12.1 Å². The zero-order valence-corrected chi connectivity index (χ0v) is 22.5. The highest BCUT2D eigenvalue weighted by molar-refractivity contribution is 6.30. The van der Waals surface area contributed by atoms with E-state index in [2.05, 4.69) is 4.98 Å². The normalized spacial score (nSPS) is 21.2. The van der Waals surface area contributed by atoms with Gasteiger partial charge in [-0.2, -0.15) is 0 Å². The summed E-state index contributed by atoms with van der Waals surface area (Å²) in [6, 6.07) is 14.5. The summed E-state index contributed by atoms with van der Waals surface area (Å²) in [4.78, 5) is 47.5. The molecule has 10 nitrogen and oxygen atoms in total. The number of piperazine rings is 1. The van der Waals surface area contributed by atoms with Gasteiger partial charge in [-0.15, -0.1) is 0 Å². The van der Waals surface area contributed by atoms with Crippen molar-refractivity contribution in [3.63, 3.8) is 0 Å². The smallest absolute Gasteiger partial charge is 0.344 e. The molecule has 3 aromatic rings. The molecule has 3 aliphatic rings. The van der Waals surface area contributed by atoms with Crippen LogP contribution in [0.1, 0.15) is 34.6 Å². The Balaban J connectivity index is 1.26. The van der Waals surface area contributed by atoms with Crippen LogP contribution in [-0.4, -0.2) is 80.1 Å². The van der Waals surface area contributed by atoms with Crippen LogP contribution in [0.15, 0.2) is 54.7 Å². The quantitative estimate of drug-likeness (QED) is 0.540. The molecule has 1 unspecified atom stereocenters. The molecule has 0 radical (unpaired) electrons. The van der Waals surface area contributed by atoms with E-state index < -0.39 is 11.6 Å². The highest BCUT2D eigenvalue weighted by Gasteiger charge is 2.48. The number of hydrogen-bond donors (Lipinski definition) is 1. The van der Waals surface area contributed by atoms with Gasteiger partial charge < -0.3 is 15.5 Å². The van der Waals surface area contributed by atoms with E-state index in [1.807, 2.05) is 53.2 Å². The van der Waals surface area contributed by atoms with Crippen LogP contribution in [0.4, 0.5) is 9.59 Å². The number of aromatic nitrogens is 2. The molecule has 1 saturated heterocycles. The highest BCUT2D eigenvalue weighted by Crippen LogP contribution is 2.44. The molecule has 6 rings (SSSR count). The minimum absolute atomic E-state index is 0.0492. The van der Waals surface area contributed by atoms with Crippen LogP contribution >= 0.6 is 11.6 Å². The molecule has 4 amide bonds. The minimum Gasteiger partial charge on any atom is -0.351 e. The van der Waals surface area contributed by atoms with E-state index in [9.17, 15) is 14.4 Å². The Kier molecular flexibility index (Phi) is 6.31. The largest absolute Gasteiger partial charge is 0.351 e. The van der Waals surface area contributed by atoms with E-state index in [1.165, 1.54) is 0 Å². The lowest BCUT2D eigenvalue weighted by Crippen LogP contribution is -2.59. The lowest BCUT2D eigenvalue weighted by atomic mass is 9.73. The molecule has 3 aliphatic heterocycles. The van der Waals surface area contributed by atoms with Crippen molar-refractivity contribution in [2.24, 2.45) is 5.73 Å². The molecule has 2 aromatic carbocycles. The van der Waals surface area contributed by atoms with Crippen LogP contribution in [0.3, 0.4) is 0 Å². The molecule has 2 N–H and O–H groups in total. The van der Waals surface area contributed by atoms with Gasteiger partial charge in [0, 0.05) is 37.7 Å². The number of carbonyl (C=O) groups is 3. The molecular weight excluding hydrogens is 518 g/mol. The summed E-state index contributed by atoms with van der Waals surface area (Å²) in [7, 11) is 0. The van der Waals surface area contributed by atoms with Crippen LogP contribution in [0, 0.1) is 6.92 Å². The first-order valence-corrected chi connectivity index (χ1v) is 13.5. The standard InChI is InChI=1S/C28H30ClN7O3/c1-19-31-17-23-18-35(27(39)36(19)23)33-14-12-32(13-15-33)25(37)16-28(21-6-8-22(29)9-7-21)24-5-3-2-4-20(24)10-11-34(28)26(30)38/h2-9,17H,10-16,18H2,1H3,(H2,30,38). The number of hydrazine groups is 1. The van der Waals surface area contributed by atoms with Crippen molar-refractivity contribution in [1.29, 1.82) is 0 Å². The number of primary amides is 1. The maximum absolute atomic E-state index is 14.0. The van der Waals surface area contributed by atoms with Gasteiger partial charge in [-0.3, -0.25) is 9.80 Å². The van der Waals surface area contributed by atoms with Crippen molar-refractivity contribution < 1.29 is 14.4 Å². The molecule has 202 valence electrons. The fourth-order valence-corrected chi connectivity index (χ4v) is 6.40. The number of hydrogen-bond acceptors (Lipinski definition) is 5. The summed E-state index contributed by atoms with van der Waals surface area (Å²) in [5.41, 5.74) is 8.53. The van der Waals surface area contributed by atoms with Gasteiger partial charge in [0.2, 0.25) is 5.91 Å². The number of urea groups is 1. The zero-order chi connectivity index (χ0) is 27.3. The number of nitrogens with two attached hydrogens (primary N) is 1. The number of aryl methyl sites for hydroxylation is 1. The predicted octanol–water partition coefficient (Wildman–Crippen LogP) is 2.96. The topological polar surface area (TPSA) is 108 Å². The average molecular weight is 548 g/mol. The highest BCUT2D eigenvalue weighted by atomic mass is 35.5. The second kappa shape index (κ2) is 9.69. The molecule has 0 spiro atoms. The molecule has 1 atom stereocenters. The number of nitrogens with zero attached hydrogens (tertiary/aromatic N) is 6. The number of fused-ring (bicyclic) bond motifs is 2. The monoisotopic (exact) mass is 547 g/mol. The van der Waals surface area contributed by atoms with Gasteiger partial charge in [0.1, 0.15) is 11.4 Å². The SMILES string of the molecule is Cc1ncc2n1C(=O)N(N1CCN(C(=O)CC3(c4ccc(Cl)cc4)c4ccccc4CCN3C(N)=O)CC1)C2. The van der Waals surface area contributed by atoms with E-state index >= 15 is 0 Å². The molecular formula is C28H30ClN7O3. The second-order valence-corrected chi connectivity index (χ2v) is 10.7. The molecule has 0 aliphatic carbocycles. The molecule has 1 fully saturated rings. The molecule has 39 heavy (non-hydrogen) atoms. The molecule has 1 aromatic heterocycles. The number of imidazole rings is 1. The number of rotatable bonds is 4. The fraction of sp³-hybridized carbons (Fsp3) is 0.357. The van der Waals surface area contributed by atoms with Gasteiger partial charge in [0.05, 0.1) is 24.9 Å². The van der Waals surface area contributed by atoms with Gasteiger partial charge in [0.15, 0.2) is 0 Å². The second-order valence-electron chi connectivity index (χ2n) is 10.2. The van der Waals surface area contributed by atoms with Crippen LogP contribution in [0.25, 0.3) is 0 Å². The summed E-state index contributed by atoms with van der Waals surface area (Å²) in [6.45, 7) is 4.67. The van der Waals surface area contributed by atoms with Crippen molar-refractivity contribution in [3.05, 3.63) is 88.0 Å². The maximum atomic E-state index is 14.0. The lowest BCUT2D eigenvalue weighted by Gasteiger charge is -2.48. The van der Waals surface area contributed by atoms with Crippen LogP contribution < -0.4 is 5.73 Å². The van der Waals surface area contributed by atoms with Gasteiger partial charge in [-0.05, 0) is 42.2 Å². The summed E-state index contributed by atoms with van der Waals surface area (Å²) in [5, 5.41) is 4.30. The first kappa shape index (κ1) is 25.4. The summed E-state index contributed by atoms with van der Waals surface area (Å²) in [6.07, 6.45) is 2.44. The fourth-order valence-electron chi connectivity index (χ4n) is 6.28. The number of benzene rings is 2. The summed E-state index contributed by atoms with van der Waals surface area (Å²) < 4.78 is 1.63. The third-order valence-electron chi connectivity index (χ3n) is 8.21. The summed E-state index contributed by atoms with van der Waals surface area (Å²) in [5.74, 6) is 0.595.